The highest BCUT2D eigenvalue weighted by Gasteiger charge is 2.20. The van der Waals surface area contributed by atoms with Gasteiger partial charge in [-0.2, -0.15) is 0 Å². The molecule has 0 aromatic carbocycles. The van der Waals surface area contributed by atoms with E-state index in [1.54, 1.807) is 0 Å². The number of azide groups is 1. The largest absolute Gasteiger partial charge is 0.393 e. The Morgan fingerprint density at radius 1 is 1.56 bits per heavy atom. The molecule has 0 aromatic heterocycles. The van der Waals surface area contributed by atoms with E-state index in [0.29, 0.717) is 6.42 Å². The van der Waals surface area contributed by atoms with Crippen LogP contribution in [0.2, 0.25) is 0 Å². The molecule has 0 bridgehead atoms. The Labute approximate surface area is 53.1 Å². The van der Waals surface area contributed by atoms with Gasteiger partial charge >= 0.3 is 0 Å². The maximum Gasteiger partial charge on any atom is 0.0544 e. The van der Waals surface area contributed by atoms with Gasteiger partial charge < -0.3 is 5.11 Å². The van der Waals surface area contributed by atoms with Crippen LogP contribution in [0.3, 0.4) is 0 Å². The molecule has 1 aliphatic carbocycles. The van der Waals surface area contributed by atoms with Crippen LogP contribution in [0.4, 0.5) is 0 Å². The van der Waals surface area contributed by atoms with Crippen LogP contribution in [-0.2, 0) is 0 Å². The second-order valence-corrected chi connectivity index (χ2v) is 2.33. The highest BCUT2D eigenvalue weighted by molar-refractivity contribution is 4.79. The second-order valence-electron chi connectivity index (χ2n) is 2.33. The molecule has 1 fully saturated rings. The Morgan fingerprint density at radius 2 is 2.33 bits per heavy atom. The van der Waals surface area contributed by atoms with Gasteiger partial charge in [-0.1, -0.05) is 5.11 Å². The quantitative estimate of drug-likeness (QED) is 0.321. The topological polar surface area (TPSA) is 69.0 Å². The molecule has 1 rings (SSSR count). The van der Waals surface area contributed by atoms with Crippen LogP contribution in [-0.4, -0.2) is 17.3 Å². The monoisotopic (exact) mass is 127 g/mol. The Morgan fingerprint density at radius 3 is 2.78 bits per heavy atom. The highest BCUT2D eigenvalue weighted by Crippen LogP contribution is 2.21. The van der Waals surface area contributed by atoms with Crippen LogP contribution >= 0.6 is 0 Å². The van der Waals surface area contributed by atoms with Crippen molar-refractivity contribution in [2.75, 3.05) is 0 Å². The van der Waals surface area contributed by atoms with E-state index >= 15 is 0 Å². The maximum atomic E-state index is 8.94. The molecule has 50 valence electrons. The molecule has 0 saturated heterocycles. The van der Waals surface area contributed by atoms with E-state index < -0.39 is 0 Å². The SMILES string of the molecule is [N-]=[N+]=N[C@@H]1CC[C@H](O)C1. The van der Waals surface area contributed by atoms with E-state index in [4.69, 9.17) is 10.6 Å². The summed E-state index contributed by atoms with van der Waals surface area (Å²) in [5.74, 6) is 0. The minimum atomic E-state index is -0.236. The van der Waals surface area contributed by atoms with Crippen LogP contribution < -0.4 is 0 Å². The Kier molecular flexibility index (Phi) is 1.92. The third-order valence-corrected chi connectivity index (χ3v) is 1.59. The highest BCUT2D eigenvalue weighted by atomic mass is 16.3. The number of nitrogens with zero attached hydrogens (tertiary/aromatic N) is 3. The van der Waals surface area contributed by atoms with Gasteiger partial charge in [0.15, 0.2) is 0 Å². The van der Waals surface area contributed by atoms with Crippen molar-refractivity contribution in [1.29, 1.82) is 0 Å². The summed E-state index contributed by atoms with van der Waals surface area (Å²) in [5.41, 5.74) is 7.99. The molecule has 4 nitrogen and oxygen atoms in total. The van der Waals surface area contributed by atoms with Crippen molar-refractivity contribution in [3.05, 3.63) is 10.4 Å². The molecular formula is C5H9N3O. The molecule has 0 aliphatic heterocycles. The van der Waals surface area contributed by atoms with E-state index in [1.807, 2.05) is 0 Å². The summed E-state index contributed by atoms with van der Waals surface area (Å²) in [6, 6.07) is 0.0463. The van der Waals surface area contributed by atoms with Gasteiger partial charge in [0.25, 0.3) is 0 Å². The van der Waals surface area contributed by atoms with Gasteiger partial charge in [-0.25, -0.2) is 0 Å². The van der Waals surface area contributed by atoms with Crippen molar-refractivity contribution >= 4 is 0 Å². The molecule has 1 aliphatic rings. The lowest BCUT2D eigenvalue weighted by Gasteiger charge is -1.96. The average molecular weight is 127 g/mol. The summed E-state index contributed by atoms with van der Waals surface area (Å²) in [6.07, 6.45) is 2.03. The molecule has 9 heavy (non-hydrogen) atoms. The second kappa shape index (κ2) is 2.71. The molecule has 0 heterocycles. The van der Waals surface area contributed by atoms with E-state index in [2.05, 4.69) is 10.0 Å². The Bertz CT molecular complexity index is 141. The van der Waals surface area contributed by atoms with Crippen LogP contribution in [0.15, 0.2) is 5.11 Å². The number of aliphatic hydroxyl groups is 1. The lowest BCUT2D eigenvalue weighted by Crippen LogP contribution is -2.00. The van der Waals surface area contributed by atoms with Gasteiger partial charge in [0.1, 0.15) is 0 Å². The van der Waals surface area contributed by atoms with E-state index in [-0.39, 0.29) is 12.1 Å². The van der Waals surface area contributed by atoms with E-state index in [0.717, 1.165) is 12.8 Å². The van der Waals surface area contributed by atoms with Gasteiger partial charge in [-0.3, -0.25) is 0 Å². The average Bonchev–Trinajstić information content (AvgIpc) is 2.17. The van der Waals surface area contributed by atoms with Crippen LogP contribution in [0, 0.1) is 0 Å². The number of aliphatic hydroxyl groups excluding tert-OH is 1. The number of hydrogen-bond acceptors (Lipinski definition) is 2. The molecule has 0 unspecified atom stereocenters. The summed E-state index contributed by atoms with van der Waals surface area (Å²) in [5, 5.41) is 12.4. The molecule has 4 heteroatoms. The molecule has 2 atom stereocenters. The van der Waals surface area contributed by atoms with Gasteiger partial charge in [0, 0.05) is 11.0 Å². The van der Waals surface area contributed by atoms with Crippen molar-refractivity contribution in [3.8, 4) is 0 Å². The zero-order valence-electron chi connectivity index (χ0n) is 5.06. The summed E-state index contributed by atoms with van der Waals surface area (Å²) >= 11 is 0. The summed E-state index contributed by atoms with van der Waals surface area (Å²) in [6.45, 7) is 0. The molecule has 1 saturated carbocycles. The summed E-state index contributed by atoms with van der Waals surface area (Å²) in [4.78, 5) is 2.67. The van der Waals surface area contributed by atoms with Crippen LogP contribution in [0.5, 0.6) is 0 Å². The standard InChI is InChI=1S/C5H9N3O/c6-8-7-4-1-2-5(9)3-4/h4-5,9H,1-3H2/t4-,5+/m1/s1. The van der Waals surface area contributed by atoms with Crippen molar-refractivity contribution in [2.45, 2.75) is 31.4 Å². The maximum absolute atomic E-state index is 8.94. The molecular weight excluding hydrogens is 118 g/mol. The zero-order chi connectivity index (χ0) is 6.69. The summed E-state index contributed by atoms with van der Waals surface area (Å²) in [7, 11) is 0. The number of hydrogen-bond donors (Lipinski definition) is 1. The van der Waals surface area contributed by atoms with Crippen molar-refractivity contribution in [1.82, 2.24) is 0 Å². The minimum absolute atomic E-state index is 0.0463. The van der Waals surface area contributed by atoms with E-state index in [9.17, 15) is 0 Å². The van der Waals surface area contributed by atoms with Crippen LogP contribution in [0.1, 0.15) is 19.3 Å². The van der Waals surface area contributed by atoms with Gasteiger partial charge in [-0.15, -0.1) is 0 Å². The lowest BCUT2D eigenvalue weighted by atomic mass is 10.3. The predicted octanol–water partition coefficient (Wildman–Crippen LogP) is 1.21. The third kappa shape index (κ3) is 1.59. The van der Waals surface area contributed by atoms with Gasteiger partial charge in [0.2, 0.25) is 0 Å². The van der Waals surface area contributed by atoms with Crippen molar-refractivity contribution in [3.63, 3.8) is 0 Å². The first-order valence-electron chi connectivity index (χ1n) is 3.05. The first kappa shape index (κ1) is 6.39. The summed E-state index contributed by atoms with van der Waals surface area (Å²) < 4.78 is 0. The third-order valence-electron chi connectivity index (χ3n) is 1.59. The first-order valence-corrected chi connectivity index (χ1v) is 3.05. The molecule has 0 spiro atoms. The Balaban J connectivity index is 2.38. The van der Waals surface area contributed by atoms with Gasteiger partial charge in [-0.05, 0) is 24.8 Å². The minimum Gasteiger partial charge on any atom is -0.393 e. The van der Waals surface area contributed by atoms with Crippen molar-refractivity contribution < 1.29 is 5.11 Å². The normalized spacial score (nSPS) is 33.9. The van der Waals surface area contributed by atoms with E-state index in [1.165, 1.54) is 0 Å². The van der Waals surface area contributed by atoms with Crippen LogP contribution in [0.25, 0.3) is 10.4 Å². The number of rotatable bonds is 1. The van der Waals surface area contributed by atoms with Crippen molar-refractivity contribution in [2.24, 2.45) is 5.11 Å². The van der Waals surface area contributed by atoms with Gasteiger partial charge in [0.05, 0.1) is 6.10 Å². The Hall–Kier alpha value is -0.730. The fourth-order valence-electron chi connectivity index (χ4n) is 1.11. The molecule has 0 radical (unpaired) electrons. The first-order chi connectivity index (χ1) is 4.33. The molecule has 1 N–H and O–H groups in total. The molecule has 0 amide bonds. The predicted molar refractivity (Wildman–Crippen MR) is 32.8 cm³/mol. The smallest absolute Gasteiger partial charge is 0.0544 e. The fourth-order valence-corrected chi connectivity index (χ4v) is 1.11. The zero-order valence-corrected chi connectivity index (χ0v) is 5.06. The molecule has 0 aromatic rings. The fraction of sp³-hybridized carbons (Fsp3) is 1.00. The lowest BCUT2D eigenvalue weighted by molar-refractivity contribution is 0.181.